The number of aliphatic carboxylic acids is 5. The van der Waals surface area contributed by atoms with Crippen molar-refractivity contribution < 1.29 is 64.8 Å². The Morgan fingerprint density at radius 2 is 0.703 bits per heavy atom. The summed E-state index contributed by atoms with van der Waals surface area (Å²) in [6.07, 6.45) is 0. The average Bonchev–Trinajstić information content (AvgIpc) is 2.67. The van der Waals surface area contributed by atoms with Gasteiger partial charge in [-0.15, -0.1) is 0 Å². The molecule has 0 heterocycles. The molecule has 17 heteroatoms. The number of hydrogen-bond donors (Lipinski definition) is 11. The van der Waals surface area contributed by atoms with E-state index in [1.54, 1.807) is 4.90 Å². The van der Waals surface area contributed by atoms with Crippen molar-refractivity contribution >= 4 is 29.8 Å². The number of aliphatic hydroxyl groups is 3. The Bertz CT molecular complexity index is 403. The Morgan fingerprint density at radius 3 is 0.811 bits per heavy atom. The summed E-state index contributed by atoms with van der Waals surface area (Å²) in [5.41, 5.74) is 10.3. The maximum absolute atomic E-state index is 9.00. The van der Waals surface area contributed by atoms with Crippen molar-refractivity contribution in [2.75, 3.05) is 65.6 Å². The molecule has 0 atom stereocenters. The molecule has 0 bridgehead atoms. The van der Waals surface area contributed by atoms with E-state index in [4.69, 9.17) is 76.3 Å². The van der Waals surface area contributed by atoms with Crippen molar-refractivity contribution in [2.24, 2.45) is 11.5 Å². The third-order valence-corrected chi connectivity index (χ3v) is 1.89. The summed E-state index contributed by atoms with van der Waals surface area (Å²) in [5, 5.41) is 65.6. The van der Waals surface area contributed by atoms with Crippen molar-refractivity contribution in [3.8, 4) is 0 Å². The van der Waals surface area contributed by atoms with Crippen LogP contribution in [0.2, 0.25) is 0 Å². The molecule has 17 nitrogen and oxygen atoms in total. The standard InChI is InChI=1S/C6H15NO3.C4H13N3.5C2H4O2/c8-4-1-7(2-5-9)3-6-10;5-1-3-7-4-2-6;5*1-2(3)4/h8-10H,1-6H2;7H,1-6H2;5*1H3,(H,3,4). The first-order valence-electron chi connectivity index (χ1n) is 10.6. The molecule has 0 amide bonds. The molecule has 13 N–H and O–H groups in total. The van der Waals surface area contributed by atoms with Crippen molar-refractivity contribution in [3.63, 3.8) is 0 Å². The summed E-state index contributed by atoms with van der Waals surface area (Å²) in [6, 6.07) is 0. The van der Waals surface area contributed by atoms with E-state index in [2.05, 4.69) is 5.32 Å². The highest BCUT2D eigenvalue weighted by atomic mass is 16.4. The molecule has 0 aliphatic heterocycles. The maximum atomic E-state index is 9.00. The molecule has 0 aromatic heterocycles. The van der Waals surface area contributed by atoms with Crippen LogP contribution in [0.1, 0.15) is 34.6 Å². The predicted molar refractivity (Wildman–Crippen MR) is 135 cm³/mol. The van der Waals surface area contributed by atoms with E-state index in [0.29, 0.717) is 32.7 Å². The zero-order valence-corrected chi connectivity index (χ0v) is 22.3. The first-order valence-corrected chi connectivity index (χ1v) is 10.6. The van der Waals surface area contributed by atoms with Crippen molar-refractivity contribution in [1.29, 1.82) is 0 Å². The molecular formula is C20H48N4O13. The van der Waals surface area contributed by atoms with Crippen LogP contribution in [0.25, 0.3) is 0 Å². The Labute approximate surface area is 217 Å². The fourth-order valence-corrected chi connectivity index (χ4v) is 1.09. The number of rotatable bonds is 10. The number of carboxylic acid groups (broad SMARTS) is 5. The highest BCUT2D eigenvalue weighted by Gasteiger charge is 2.00. The molecule has 0 saturated heterocycles. The normalized spacial score (nSPS) is 8.08. The highest BCUT2D eigenvalue weighted by Crippen LogP contribution is 1.84. The monoisotopic (exact) mass is 552 g/mol. The van der Waals surface area contributed by atoms with Gasteiger partial charge in [0.2, 0.25) is 0 Å². The molecule has 37 heavy (non-hydrogen) atoms. The third kappa shape index (κ3) is 315. The van der Waals surface area contributed by atoms with E-state index in [1.807, 2.05) is 0 Å². The van der Waals surface area contributed by atoms with E-state index in [9.17, 15) is 0 Å². The second-order valence-corrected chi connectivity index (χ2v) is 5.93. The Morgan fingerprint density at radius 1 is 0.541 bits per heavy atom. The SMILES string of the molecule is CC(=O)O.CC(=O)O.CC(=O)O.CC(=O)O.CC(=O)O.NCCNCCN.OCCN(CCO)CCO. The number of carbonyl (C=O) groups is 5. The minimum absolute atomic E-state index is 0.0694. The molecule has 226 valence electrons. The summed E-state index contributed by atoms with van der Waals surface area (Å²) in [6.45, 7) is 10.3. The van der Waals surface area contributed by atoms with Gasteiger partial charge in [0, 0.05) is 80.4 Å². The van der Waals surface area contributed by atoms with Crippen LogP contribution in [-0.4, -0.2) is 141 Å². The van der Waals surface area contributed by atoms with E-state index >= 15 is 0 Å². The lowest BCUT2D eigenvalue weighted by atomic mass is 10.4. The Balaban J connectivity index is -0.0000000593. The molecule has 0 saturated carbocycles. The topological polar surface area (TPSA) is 315 Å². The number of aliphatic hydroxyl groups excluding tert-OH is 3. The number of nitrogens with one attached hydrogen (secondary N) is 1. The zero-order valence-electron chi connectivity index (χ0n) is 22.3. The first kappa shape index (κ1) is 50.8. The van der Waals surface area contributed by atoms with Crippen LogP contribution in [0.4, 0.5) is 0 Å². The number of nitrogens with two attached hydrogens (primary N) is 2. The van der Waals surface area contributed by atoms with Crippen LogP contribution in [0, 0.1) is 0 Å². The van der Waals surface area contributed by atoms with E-state index in [1.165, 1.54) is 0 Å². The second kappa shape index (κ2) is 50.0. The minimum atomic E-state index is -0.833. The number of carboxylic acids is 5. The van der Waals surface area contributed by atoms with Gasteiger partial charge in [-0.1, -0.05) is 0 Å². The minimum Gasteiger partial charge on any atom is -0.481 e. The fraction of sp³-hybridized carbons (Fsp3) is 0.750. The van der Waals surface area contributed by atoms with Gasteiger partial charge in [0.1, 0.15) is 0 Å². The highest BCUT2D eigenvalue weighted by molar-refractivity contribution is 5.63. The Kier molecular flexibility index (Phi) is 68.8. The van der Waals surface area contributed by atoms with Gasteiger partial charge in [-0.25, -0.2) is 0 Å². The molecule has 0 aliphatic carbocycles. The van der Waals surface area contributed by atoms with Crippen LogP contribution in [0.15, 0.2) is 0 Å². The largest absolute Gasteiger partial charge is 0.481 e. The lowest BCUT2D eigenvalue weighted by Gasteiger charge is -2.17. The van der Waals surface area contributed by atoms with Gasteiger partial charge in [0.05, 0.1) is 19.8 Å². The van der Waals surface area contributed by atoms with Crippen molar-refractivity contribution in [3.05, 3.63) is 0 Å². The Hall–Kier alpha value is -2.93. The first-order chi connectivity index (χ1) is 16.9. The lowest BCUT2D eigenvalue weighted by Crippen LogP contribution is -2.32. The van der Waals surface area contributed by atoms with Gasteiger partial charge in [-0.3, -0.25) is 28.9 Å². The fourth-order valence-electron chi connectivity index (χ4n) is 1.09. The summed E-state index contributed by atoms with van der Waals surface area (Å²) >= 11 is 0. The molecule has 0 unspecified atom stereocenters. The van der Waals surface area contributed by atoms with Crippen LogP contribution >= 0.6 is 0 Å². The third-order valence-electron chi connectivity index (χ3n) is 1.89. The van der Waals surface area contributed by atoms with Crippen LogP contribution in [0.3, 0.4) is 0 Å². The molecule has 0 rings (SSSR count). The smallest absolute Gasteiger partial charge is 0.300 e. The van der Waals surface area contributed by atoms with Gasteiger partial charge < -0.3 is 57.6 Å². The maximum Gasteiger partial charge on any atom is 0.300 e. The predicted octanol–water partition coefficient (Wildman–Crippen LogP) is -2.79. The van der Waals surface area contributed by atoms with Gasteiger partial charge in [-0.2, -0.15) is 0 Å². The summed E-state index contributed by atoms with van der Waals surface area (Å²) in [5.74, 6) is -4.17. The van der Waals surface area contributed by atoms with Crippen LogP contribution in [-0.2, 0) is 24.0 Å². The van der Waals surface area contributed by atoms with E-state index in [0.717, 1.165) is 47.7 Å². The second-order valence-electron chi connectivity index (χ2n) is 5.93. The van der Waals surface area contributed by atoms with Gasteiger partial charge >= 0.3 is 0 Å². The molecule has 0 spiro atoms. The zero-order chi connectivity index (χ0) is 31.2. The summed E-state index contributed by atoms with van der Waals surface area (Å²) < 4.78 is 0. The molecule has 0 radical (unpaired) electrons. The summed E-state index contributed by atoms with van der Waals surface area (Å²) in [7, 11) is 0. The van der Waals surface area contributed by atoms with Crippen LogP contribution in [0.5, 0.6) is 0 Å². The van der Waals surface area contributed by atoms with E-state index < -0.39 is 29.8 Å². The van der Waals surface area contributed by atoms with Crippen LogP contribution < -0.4 is 16.8 Å². The number of nitrogens with zero attached hydrogens (tertiary/aromatic N) is 1. The summed E-state index contributed by atoms with van der Waals surface area (Å²) in [4.78, 5) is 46.8. The molecule has 0 aromatic carbocycles. The van der Waals surface area contributed by atoms with Crippen molar-refractivity contribution in [1.82, 2.24) is 10.2 Å². The number of hydrogen-bond acceptors (Lipinski definition) is 12. The molecule has 0 aromatic rings. The van der Waals surface area contributed by atoms with Gasteiger partial charge in [-0.05, 0) is 0 Å². The molecule has 0 aliphatic rings. The van der Waals surface area contributed by atoms with Crippen molar-refractivity contribution in [2.45, 2.75) is 34.6 Å². The lowest BCUT2D eigenvalue weighted by molar-refractivity contribution is -0.135. The quantitative estimate of drug-likeness (QED) is 0.122. The van der Waals surface area contributed by atoms with Gasteiger partial charge in [0.25, 0.3) is 29.8 Å². The van der Waals surface area contributed by atoms with E-state index in [-0.39, 0.29) is 19.8 Å². The van der Waals surface area contributed by atoms with Gasteiger partial charge in [0.15, 0.2) is 0 Å². The molecule has 0 fully saturated rings. The molecular weight excluding hydrogens is 504 g/mol. The average molecular weight is 553 g/mol.